The average Bonchev–Trinajstić information content (AvgIpc) is 3.91. The Morgan fingerprint density at radius 1 is 1.16 bits per heavy atom. The molecule has 8 nitrogen and oxygen atoms in total. The Morgan fingerprint density at radius 3 is 2.13 bits per heavy atom. The molecule has 0 aromatic rings. The number of aldehydes is 1. The molecule has 11 heteroatoms. The van der Waals surface area contributed by atoms with Gasteiger partial charge in [-0.05, 0) is 91.6 Å². The molecule has 0 bridgehead atoms. The molecule has 0 aromatic heterocycles. The van der Waals surface area contributed by atoms with Crippen LogP contribution >= 0.6 is 11.9 Å². The van der Waals surface area contributed by atoms with E-state index in [1.165, 1.54) is 38.3 Å². The number of rotatable bonds is 14. The predicted molar refractivity (Wildman–Crippen MR) is 186 cm³/mol. The van der Waals surface area contributed by atoms with E-state index in [-0.39, 0.29) is 92.0 Å². The summed E-state index contributed by atoms with van der Waals surface area (Å²) in [6.45, 7) is 20.6. The van der Waals surface area contributed by atoms with Crippen molar-refractivity contribution in [3.05, 3.63) is 17.4 Å². The van der Waals surface area contributed by atoms with Crippen molar-refractivity contribution < 1.29 is 74.9 Å². The number of alkyl halides is 1. The van der Waals surface area contributed by atoms with E-state index < -0.39 is 0 Å². The van der Waals surface area contributed by atoms with Crippen LogP contribution in [0, 0.1) is 5.92 Å². The van der Waals surface area contributed by atoms with Crippen molar-refractivity contribution >= 4 is 30.2 Å². The fourth-order valence-corrected chi connectivity index (χ4v) is 5.05. The van der Waals surface area contributed by atoms with Crippen molar-refractivity contribution in [3.63, 3.8) is 0 Å². The van der Waals surface area contributed by atoms with Crippen molar-refractivity contribution in [2.75, 3.05) is 33.9 Å². The fraction of sp³-hybridized carbons (Fsp3) is 0.853. The number of carbonyl (C=O) groups is 3. The predicted octanol–water partition coefficient (Wildman–Crippen LogP) is 5.41. The van der Waals surface area contributed by atoms with Gasteiger partial charge in [-0.1, -0.05) is 53.5 Å². The molecule has 3 fully saturated rings. The third-order valence-electron chi connectivity index (χ3n) is 7.20. The van der Waals surface area contributed by atoms with Gasteiger partial charge in [0.05, 0.1) is 6.04 Å². The van der Waals surface area contributed by atoms with Crippen molar-refractivity contribution in [1.29, 1.82) is 0 Å². The Kier molecular flexibility index (Phi) is 30.6. The second-order valence-electron chi connectivity index (χ2n) is 12.4. The Labute approximate surface area is 322 Å². The minimum absolute atomic E-state index is 0. The van der Waals surface area contributed by atoms with Crippen LogP contribution in [0.5, 0.6) is 0 Å². The quantitative estimate of drug-likeness (QED) is 0.0835. The number of alkyl carbamates (subject to hydrolysis) is 1. The number of likely N-dealkylation sites (tertiary alicyclic amines) is 1. The number of hydrogen-bond acceptors (Lipinski definition) is 6. The van der Waals surface area contributed by atoms with Crippen LogP contribution in [-0.4, -0.2) is 79.0 Å². The van der Waals surface area contributed by atoms with Crippen LogP contribution in [0.3, 0.4) is 0 Å². The van der Waals surface area contributed by atoms with Crippen molar-refractivity contribution in [2.24, 2.45) is 5.92 Å². The molecular weight excluding hydrogens is 619 g/mol. The van der Waals surface area contributed by atoms with Gasteiger partial charge in [-0.25, -0.2) is 9.18 Å². The number of halogens is 1. The molecule has 0 radical (unpaired) electrons. The monoisotopic (exact) mass is 684 g/mol. The van der Waals surface area contributed by atoms with Crippen LogP contribution in [0.2, 0.25) is 0 Å². The zero-order valence-electron chi connectivity index (χ0n) is 30.7. The molecule has 3 aliphatic rings. The summed E-state index contributed by atoms with van der Waals surface area (Å²) in [6, 6.07) is 0.0285. The molecule has 2 N–H and O–H groups in total. The number of allylic oxidation sites excluding steroid dienone is 1. The zero-order chi connectivity index (χ0) is 34.2. The molecule has 2 aliphatic carbocycles. The summed E-state index contributed by atoms with van der Waals surface area (Å²) in [5.74, 6) is 0.714. The number of nitrogens with zero attached hydrogens (tertiary/aromatic N) is 2. The summed E-state index contributed by atoms with van der Waals surface area (Å²) in [4.78, 5) is 35.0. The number of nitrogens with one attached hydrogen (secondary N) is 2. The van der Waals surface area contributed by atoms with E-state index >= 15 is 0 Å². The van der Waals surface area contributed by atoms with Gasteiger partial charge in [0.15, 0.2) is 0 Å². The first-order chi connectivity index (χ1) is 20.8. The number of unbranched alkanes of at least 4 members (excludes halogenated alkanes) is 2. The van der Waals surface area contributed by atoms with Gasteiger partial charge in [0, 0.05) is 23.8 Å². The van der Waals surface area contributed by atoms with Gasteiger partial charge in [0.1, 0.15) is 18.6 Å². The summed E-state index contributed by atoms with van der Waals surface area (Å²) in [5, 5.41) is 5.54. The summed E-state index contributed by atoms with van der Waals surface area (Å²) in [6.07, 6.45) is 13.9. The molecule has 45 heavy (non-hydrogen) atoms. The maximum atomic E-state index is 12.8. The molecule has 0 aromatic carbocycles. The number of ether oxygens (including phenoxy) is 1. The molecule has 2 saturated carbocycles. The average molecular weight is 685 g/mol. The van der Waals surface area contributed by atoms with E-state index in [1.54, 1.807) is 0 Å². The van der Waals surface area contributed by atoms with E-state index in [0.29, 0.717) is 18.9 Å². The van der Waals surface area contributed by atoms with Crippen LogP contribution < -0.4 is 62.0 Å². The first-order valence-corrected chi connectivity index (χ1v) is 17.5. The normalized spacial score (nSPS) is 18.9. The van der Waals surface area contributed by atoms with Crippen molar-refractivity contribution in [3.8, 4) is 0 Å². The van der Waals surface area contributed by atoms with Gasteiger partial charge in [0.2, 0.25) is 5.91 Å². The molecular formula is C34H66FKN4O4S. The fourth-order valence-electron chi connectivity index (χ4n) is 4.13. The minimum atomic E-state index is -0.389. The third kappa shape index (κ3) is 24.7. The Bertz CT molecular complexity index is 793. The topological polar surface area (TPSA) is 102 Å². The molecule has 2 atom stereocenters. The van der Waals surface area contributed by atoms with Gasteiger partial charge in [-0.3, -0.25) is 21.6 Å². The van der Waals surface area contributed by atoms with Gasteiger partial charge < -0.3 is 24.9 Å². The zero-order valence-corrected chi connectivity index (χ0v) is 34.7. The van der Waals surface area contributed by atoms with Gasteiger partial charge >= 0.3 is 57.5 Å². The molecule has 3 rings (SSSR count). The van der Waals surface area contributed by atoms with E-state index in [0.717, 1.165) is 57.8 Å². The SMILES string of the molecule is C=CCCCCC(C)CC=O.CC.CC.CN1CCCC1C(=O)NC1(C[N-]SC2(CF)CC2)CC1.CNC(=O)OC(C)(C)C.[K+]. The van der Waals surface area contributed by atoms with Gasteiger partial charge in [-0.2, -0.15) is 0 Å². The van der Waals surface area contributed by atoms with E-state index in [9.17, 15) is 18.8 Å². The third-order valence-corrected chi connectivity index (χ3v) is 8.36. The van der Waals surface area contributed by atoms with Crippen LogP contribution in [-0.2, 0) is 14.3 Å². The Morgan fingerprint density at radius 2 is 1.76 bits per heavy atom. The maximum Gasteiger partial charge on any atom is 1.00 e. The number of carbonyl (C=O) groups excluding carboxylic acids is 3. The van der Waals surface area contributed by atoms with Gasteiger partial charge in [-0.15, -0.1) is 13.1 Å². The van der Waals surface area contributed by atoms with Crippen LogP contribution in [0.25, 0.3) is 4.72 Å². The number of amides is 2. The van der Waals surface area contributed by atoms with E-state index in [1.807, 2.05) is 61.6 Å². The smallest absolute Gasteiger partial charge is 0.604 e. The first kappa shape index (κ1) is 49.4. The summed E-state index contributed by atoms with van der Waals surface area (Å²) >= 11 is 1.40. The molecule has 1 aliphatic heterocycles. The number of likely N-dealkylation sites (N-methyl/N-ethyl adjacent to an activating group) is 1. The molecule has 1 saturated heterocycles. The standard InChI is InChI=1S/C14H23FN3OS.C10H18O.C6H13NO2.2C2H6.K/c1-18-8-2-3-11(18)12(19)17-13(4-5-13)10-16-20-14(9-15)6-7-14;1-3-4-5-6-7-10(2)8-9-11;1-6(2,3)9-5(8)7-4;2*1-2;/h11H,2-10H2,1H3,(H,17,19);3,9-10H,1,4-8H2,2H3;1-4H3,(H,7,8);2*1-2H3;/q-1;;;;;+1. The second kappa shape index (κ2) is 27.9. The molecule has 2 unspecified atom stereocenters. The Hall–Kier alpha value is -0.0136. The number of hydrogen-bond donors (Lipinski definition) is 2. The van der Waals surface area contributed by atoms with Crippen LogP contribution in [0.1, 0.15) is 126 Å². The van der Waals surface area contributed by atoms with E-state index in [4.69, 9.17) is 4.74 Å². The van der Waals surface area contributed by atoms with Crippen molar-refractivity contribution in [1.82, 2.24) is 15.5 Å². The molecule has 260 valence electrons. The van der Waals surface area contributed by atoms with Crippen molar-refractivity contribution in [2.45, 2.75) is 148 Å². The van der Waals surface area contributed by atoms with E-state index in [2.05, 4.69) is 33.8 Å². The molecule has 2 amide bonds. The summed E-state index contributed by atoms with van der Waals surface area (Å²) in [5.41, 5.74) is -0.514. The summed E-state index contributed by atoms with van der Waals surface area (Å²) < 4.78 is 21.8. The van der Waals surface area contributed by atoms with Crippen LogP contribution in [0.15, 0.2) is 12.7 Å². The molecule has 0 spiro atoms. The second-order valence-corrected chi connectivity index (χ2v) is 13.7. The summed E-state index contributed by atoms with van der Waals surface area (Å²) in [7, 11) is 3.54. The van der Waals surface area contributed by atoms with Crippen LogP contribution in [0.4, 0.5) is 9.18 Å². The maximum absolute atomic E-state index is 12.8. The Balaban J connectivity index is -0.000000606. The molecule has 1 heterocycles. The minimum Gasteiger partial charge on any atom is -0.604 e. The first-order valence-electron chi connectivity index (χ1n) is 16.7. The van der Waals surface area contributed by atoms with Gasteiger partial charge in [0.25, 0.3) is 0 Å². The largest absolute Gasteiger partial charge is 1.00 e.